The molecule has 0 aliphatic heterocycles. The van der Waals surface area contributed by atoms with Crippen molar-refractivity contribution in [3.05, 3.63) is 13.8 Å². The Morgan fingerprint density at radius 2 is 1.56 bits per heavy atom. The fourth-order valence-corrected chi connectivity index (χ4v) is 1.32. The van der Waals surface area contributed by atoms with Crippen LogP contribution in [0.1, 0.15) is 20.3 Å². The van der Waals surface area contributed by atoms with Crippen molar-refractivity contribution in [3.8, 4) is 0 Å². The maximum absolute atomic E-state index is 4.03. The standard InChI is InChI=1S/C8H14.W/c1-6-5-7(2)8(6,3)4;/h6-7H,3-5H2,1-2H3;/q-2;+2. The molecule has 0 amide bonds. The Labute approximate surface area is 72.7 Å². The molecule has 1 saturated carbocycles. The van der Waals surface area contributed by atoms with Crippen LogP contribution >= 0.6 is 0 Å². The predicted octanol–water partition coefficient (Wildman–Crippen LogP) is 2.31. The van der Waals surface area contributed by atoms with Crippen molar-refractivity contribution in [3.63, 3.8) is 0 Å². The van der Waals surface area contributed by atoms with Crippen LogP contribution in [-0.2, 0) is 21.1 Å². The van der Waals surface area contributed by atoms with Crippen LogP contribution in [0, 0.1) is 31.1 Å². The van der Waals surface area contributed by atoms with E-state index >= 15 is 0 Å². The third-order valence-corrected chi connectivity index (χ3v) is 2.67. The van der Waals surface area contributed by atoms with Crippen molar-refractivity contribution in [2.75, 3.05) is 0 Å². The Hall–Kier alpha value is 0.688. The molecule has 0 aromatic heterocycles. The molecule has 1 fully saturated rings. The minimum absolute atomic E-state index is 0. The average molecular weight is 294 g/mol. The van der Waals surface area contributed by atoms with Crippen molar-refractivity contribution in [1.29, 1.82) is 0 Å². The molecule has 0 radical (unpaired) electrons. The van der Waals surface area contributed by atoms with Crippen LogP contribution in [0.4, 0.5) is 0 Å². The zero-order valence-corrected chi connectivity index (χ0v) is 9.12. The first-order valence-corrected chi connectivity index (χ1v) is 3.26. The predicted molar refractivity (Wildman–Crippen MR) is 36.1 cm³/mol. The second kappa shape index (κ2) is 2.74. The SMILES string of the molecule is [CH2-]C1([CH2-])C(C)CC1C.[W+2]. The Balaban J connectivity index is 0.000000640. The molecule has 0 nitrogen and oxygen atoms in total. The molecule has 1 aliphatic rings. The molecule has 0 N–H and O–H groups in total. The van der Waals surface area contributed by atoms with E-state index in [1.54, 1.807) is 0 Å². The molecule has 0 heterocycles. The number of rotatable bonds is 0. The van der Waals surface area contributed by atoms with Gasteiger partial charge in [0.25, 0.3) is 0 Å². The molecule has 1 aliphatic carbocycles. The van der Waals surface area contributed by atoms with Crippen LogP contribution in [0.2, 0.25) is 0 Å². The van der Waals surface area contributed by atoms with Crippen LogP contribution in [0.25, 0.3) is 0 Å². The largest absolute Gasteiger partial charge is 2.00 e. The van der Waals surface area contributed by atoms with Gasteiger partial charge in [-0.1, -0.05) is 32.1 Å². The van der Waals surface area contributed by atoms with Gasteiger partial charge in [0, 0.05) is 0 Å². The molecule has 0 spiro atoms. The van der Waals surface area contributed by atoms with Gasteiger partial charge < -0.3 is 13.8 Å². The van der Waals surface area contributed by atoms with E-state index in [9.17, 15) is 0 Å². The van der Waals surface area contributed by atoms with Crippen molar-refractivity contribution < 1.29 is 21.1 Å². The minimum atomic E-state index is 0. The van der Waals surface area contributed by atoms with Gasteiger partial charge in [-0.05, 0) is 0 Å². The van der Waals surface area contributed by atoms with Crippen molar-refractivity contribution in [1.82, 2.24) is 0 Å². The molecular weight excluding hydrogens is 280 g/mol. The van der Waals surface area contributed by atoms with Gasteiger partial charge in [0.05, 0.1) is 0 Å². The maximum atomic E-state index is 4.03. The van der Waals surface area contributed by atoms with E-state index < -0.39 is 0 Å². The van der Waals surface area contributed by atoms with Gasteiger partial charge in [-0.2, -0.15) is 0 Å². The first-order chi connectivity index (χ1) is 3.55. The minimum Gasteiger partial charge on any atom is -0.366 e. The van der Waals surface area contributed by atoms with E-state index in [4.69, 9.17) is 0 Å². The van der Waals surface area contributed by atoms with E-state index in [2.05, 4.69) is 27.7 Å². The van der Waals surface area contributed by atoms with E-state index in [1.807, 2.05) is 0 Å². The zero-order valence-electron chi connectivity index (χ0n) is 6.18. The summed E-state index contributed by atoms with van der Waals surface area (Å²) in [6, 6.07) is 0. The third-order valence-electron chi connectivity index (χ3n) is 2.67. The summed E-state index contributed by atoms with van der Waals surface area (Å²) in [7, 11) is 0. The Bertz CT molecular complexity index is 86.7. The molecule has 0 aromatic rings. The first-order valence-electron chi connectivity index (χ1n) is 3.26. The molecule has 0 aromatic carbocycles. The van der Waals surface area contributed by atoms with Crippen LogP contribution in [0.3, 0.4) is 0 Å². The third kappa shape index (κ3) is 1.40. The van der Waals surface area contributed by atoms with Gasteiger partial charge in [0.1, 0.15) is 0 Å². The molecule has 9 heavy (non-hydrogen) atoms. The summed E-state index contributed by atoms with van der Waals surface area (Å²) in [6.07, 6.45) is 1.31. The molecule has 1 rings (SSSR count). The molecule has 1 heteroatoms. The van der Waals surface area contributed by atoms with Gasteiger partial charge in [-0.25, -0.2) is 0 Å². The molecule has 52 valence electrons. The van der Waals surface area contributed by atoms with Crippen LogP contribution in [0.15, 0.2) is 0 Å². The van der Waals surface area contributed by atoms with Gasteiger partial charge >= 0.3 is 21.1 Å². The van der Waals surface area contributed by atoms with Gasteiger partial charge in [0.15, 0.2) is 0 Å². The average Bonchev–Trinajstić information content (AvgIpc) is 1.68. The maximum Gasteiger partial charge on any atom is 2.00 e. The van der Waals surface area contributed by atoms with Gasteiger partial charge in [0.2, 0.25) is 0 Å². The second-order valence-electron chi connectivity index (χ2n) is 3.27. The number of hydrogen-bond acceptors (Lipinski definition) is 0. The summed E-state index contributed by atoms with van der Waals surface area (Å²) in [5.41, 5.74) is 0.139. The van der Waals surface area contributed by atoms with E-state index in [1.165, 1.54) is 6.42 Å². The Morgan fingerprint density at radius 1 is 1.22 bits per heavy atom. The summed E-state index contributed by atoms with van der Waals surface area (Å²) < 4.78 is 0. The van der Waals surface area contributed by atoms with Crippen molar-refractivity contribution >= 4 is 0 Å². The van der Waals surface area contributed by atoms with Crippen molar-refractivity contribution in [2.24, 2.45) is 17.3 Å². The summed E-state index contributed by atoms with van der Waals surface area (Å²) in [5, 5.41) is 0. The fourth-order valence-electron chi connectivity index (χ4n) is 1.32. The van der Waals surface area contributed by atoms with Crippen molar-refractivity contribution in [2.45, 2.75) is 20.3 Å². The Kier molecular flexibility index (Phi) is 2.95. The van der Waals surface area contributed by atoms with E-state index in [-0.39, 0.29) is 26.5 Å². The summed E-state index contributed by atoms with van der Waals surface area (Å²) in [4.78, 5) is 0. The smallest absolute Gasteiger partial charge is 0.366 e. The fraction of sp³-hybridized carbons (Fsp3) is 0.750. The normalized spacial score (nSPS) is 38.7. The topological polar surface area (TPSA) is 0 Å². The Morgan fingerprint density at radius 3 is 1.56 bits per heavy atom. The van der Waals surface area contributed by atoms with Gasteiger partial charge in [-0.3, -0.25) is 5.41 Å². The van der Waals surface area contributed by atoms with E-state index in [0.717, 1.165) is 11.8 Å². The van der Waals surface area contributed by atoms with Gasteiger partial charge in [-0.15, -0.1) is 0 Å². The molecule has 2 atom stereocenters. The van der Waals surface area contributed by atoms with Crippen LogP contribution < -0.4 is 0 Å². The second-order valence-corrected chi connectivity index (χ2v) is 3.27. The van der Waals surface area contributed by atoms with Crippen LogP contribution in [-0.4, -0.2) is 0 Å². The zero-order chi connectivity index (χ0) is 6.36. The van der Waals surface area contributed by atoms with Crippen LogP contribution in [0.5, 0.6) is 0 Å². The monoisotopic (exact) mass is 294 g/mol. The summed E-state index contributed by atoms with van der Waals surface area (Å²) >= 11 is 0. The summed E-state index contributed by atoms with van der Waals surface area (Å²) in [5.74, 6) is 1.47. The molecule has 0 saturated heterocycles. The number of hydrogen-bond donors (Lipinski definition) is 0. The first kappa shape index (κ1) is 9.69. The molecular formula is C8H14W. The molecule has 2 unspecified atom stereocenters. The molecule has 0 bridgehead atoms. The van der Waals surface area contributed by atoms with E-state index in [0.29, 0.717) is 0 Å². The summed E-state index contributed by atoms with van der Waals surface area (Å²) in [6.45, 7) is 12.5. The quantitative estimate of drug-likeness (QED) is 0.601.